The third-order valence-corrected chi connectivity index (χ3v) is 4.42. The Labute approximate surface area is 96.3 Å². The van der Waals surface area contributed by atoms with Gasteiger partial charge in [0.25, 0.3) is 0 Å². The summed E-state index contributed by atoms with van der Waals surface area (Å²) in [6, 6.07) is 8.87. The fourth-order valence-corrected chi connectivity index (χ4v) is 3.43. The SMILES string of the molecule is CN1c2ccccc2C2C1CC(=O)C2(C)C. The maximum Gasteiger partial charge on any atom is 0.141 e. The summed E-state index contributed by atoms with van der Waals surface area (Å²) in [5.74, 6) is 0.782. The predicted octanol–water partition coefficient (Wildman–Crippen LogP) is 2.59. The topological polar surface area (TPSA) is 20.3 Å². The Balaban J connectivity index is 2.18. The Kier molecular flexibility index (Phi) is 1.78. The lowest BCUT2D eigenvalue weighted by molar-refractivity contribution is -0.124. The molecule has 2 unspecified atom stereocenters. The van der Waals surface area contributed by atoms with Crippen molar-refractivity contribution in [2.75, 3.05) is 11.9 Å². The summed E-state index contributed by atoms with van der Waals surface area (Å²) in [7, 11) is 2.11. The first kappa shape index (κ1) is 9.88. The van der Waals surface area contributed by atoms with E-state index >= 15 is 0 Å². The lowest BCUT2D eigenvalue weighted by Crippen LogP contribution is -2.29. The van der Waals surface area contributed by atoms with Crippen molar-refractivity contribution in [3.05, 3.63) is 29.8 Å². The van der Waals surface area contributed by atoms with Crippen LogP contribution in [0.4, 0.5) is 5.69 Å². The number of hydrogen-bond acceptors (Lipinski definition) is 2. The number of para-hydroxylation sites is 1. The van der Waals surface area contributed by atoms with Crippen LogP contribution in [0, 0.1) is 5.41 Å². The van der Waals surface area contributed by atoms with Crippen LogP contribution in [-0.4, -0.2) is 18.9 Å². The van der Waals surface area contributed by atoms with E-state index in [1.54, 1.807) is 0 Å². The number of rotatable bonds is 0. The zero-order valence-electron chi connectivity index (χ0n) is 10.0. The molecule has 0 N–H and O–H groups in total. The third-order valence-electron chi connectivity index (χ3n) is 4.42. The minimum Gasteiger partial charge on any atom is -0.370 e. The fourth-order valence-electron chi connectivity index (χ4n) is 3.43. The number of carbonyl (C=O) groups excluding carboxylic acids is 1. The van der Waals surface area contributed by atoms with Gasteiger partial charge in [0, 0.05) is 36.5 Å². The molecule has 0 bridgehead atoms. The number of nitrogens with zero attached hydrogens (tertiary/aromatic N) is 1. The highest BCUT2D eigenvalue weighted by atomic mass is 16.1. The molecular weight excluding hydrogens is 198 g/mol. The molecule has 0 radical (unpaired) electrons. The van der Waals surface area contributed by atoms with Crippen molar-refractivity contribution < 1.29 is 4.79 Å². The number of likely N-dealkylation sites (N-methyl/N-ethyl adjacent to an activating group) is 1. The number of ketones is 1. The first-order valence-corrected chi connectivity index (χ1v) is 5.88. The monoisotopic (exact) mass is 215 g/mol. The van der Waals surface area contributed by atoms with Gasteiger partial charge in [-0.25, -0.2) is 0 Å². The van der Waals surface area contributed by atoms with E-state index in [0.29, 0.717) is 24.2 Å². The second-order valence-corrected chi connectivity index (χ2v) is 5.56. The van der Waals surface area contributed by atoms with Gasteiger partial charge in [-0.15, -0.1) is 0 Å². The van der Waals surface area contributed by atoms with Gasteiger partial charge in [-0.05, 0) is 11.6 Å². The molecule has 84 valence electrons. The van der Waals surface area contributed by atoms with Crippen molar-refractivity contribution in [2.24, 2.45) is 5.41 Å². The Morgan fingerprint density at radius 2 is 2.00 bits per heavy atom. The summed E-state index contributed by atoms with van der Waals surface area (Å²) in [5.41, 5.74) is 2.45. The molecule has 3 rings (SSSR count). The van der Waals surface area contributed by atoms with Crippen molar-refractivity contribution in [1.29, 1.82) is 0 Å². The number of anilines is 1. The molecule has 1 aromatic carbocycles. The minimum absolute atomic E-state index is 0.203. The van der Waals surface area contributed by atoms with Crippen molar-refractivity contribution in [1.82, 2.24) is 0 Å². The van der Waals surface area contributed by atoms with Gasteiger partial charge in [0.05, 0.1) is 0 Å². The molecule has 2 nitrogen and oxygen atoms in total. The van der Waals surface area contributed by atoms with E-state index in [4.69, 9.17) is 0 Å². The van der Waals surface area contributed by atoms with Crippen LogP contribution in [0.15, 0.2) is 24.3 Å². The van der Waals surface area contributed by atoms with Gasteiger partial charge in [-0.1, -0.05) is 32.0 Å². The van der Waals surface area contributed by atoms with Crippen LogP contribution in [0.25, 0.3) is 0 Å². The van der Waals surface area contributed by atoms with Gasteiger partial charge in [0.15, 0.2) is 0 Å². The molecular formula is C14H17NO. The van der Waals surface area contributed by atoms with E-state index in [1.807, 2.05) is 0 Å². The van der Waals surface area contributed by atoms with Crippen LogP contribution >= 0.6 is 0 Å². The van der Waals surface area contributed by atoms with Gasteiger partial charge in [0.2, 0.25) is 0 Å². The highest BCUT2D eigenvalue weighted by Gasteiger charge is 2.54. The number of hydrogen-bond donors (Lipinski definition) is 0. The van der Waals surface area contributed by atoms with Gasteiger partial charge < -0.3 is 4.90 Å². The fraction of sp³-hybridized carbons (Fsp3) is 0.500. The predicted molar refractivity (Wildman–Crippen MR) is 64.8 cm³/mol. The minimum atomic E-state index is -0.203. The normalized spacial score (nSPS) is 30.4. The van der Waals surface area contributed by atoms with Gasteiger partial charge in [-0.3, -0.25) is 4.79 Å². The quantitative estimate of drug-likeness (QED) is 0.663. The average Bonchev–Trinajstić information content (AvgIpc) is 2.65. The molecule has 1 aliphatic heterocycles. The molecule has 0 spiro atoms. The number of fused-ring (bicyclic) bond motifs is 3. The highest BCUT2D eigenvalue weighted by Crippen LogP contribution is 2.55. The second-order valence-electron chi connectivity index (χ2n) is 5.56. The van der Waals surface area contributed by atoms with E-state index in [2.05, 4.69) is 50.1 Å². The second kappa shape index (κ2) is 2.88. The van der Waals surface area contributed by atoms with Crippen LogP contribution < -0.4 is 4.90 Å². The van der Waals surface area contributed by atoms with Gasteiger partial charge in [0.1, 0.15) is 5.78 Å². The molecule has 1 heterocycles. The Morgan fingerprint density at radius 3 is 2.75 bits per heavy atom. The molecule has 1 fully saturated rings. The largest absolute Gasteiger partial charge is 0.370 e. The highest BCUT2D eigenvalue weighted by molar-refractivity contribution is 5.91. The first-order chi connectivity index (χ1) is 7.53. The van der Waals surface area contributed by atoms with Crippen LogP contribution in [0.2, 0.25) is 0 Å². The molecule has 2 atom stereocenters. The zero-order chi connectivity index (χ0) is 11.5. The first-order valence-electron chi connectivity index (χ1n) is 5.88. The van der Waals surface area contributed by atoms with Gasteiger partial charge >= 0.3 is 0 Å². The van der Waals surface area contributed by atoms with Gasteiger partial charge in [-0.2, -0.15) is 0 Å². The lowest BCUT2D eigenvalue weighted by atomic mass is 9.77. The van der Waals surface area contributed by atoms with Crippen LogP contribution in [-0.2, 0) is 4.79 Å². The van der Waals surface area contributed by atoms with Crippen LogP contribution in [0.3, 0.4) is 0 Å². The molecule has 0 amide bonds. The third kappa shape index (κ3) is 0.998. The van der Waals surface area contributed by atoms with Crippen molar-refractivity contribution >= 4 is 11.5 Å². The molecule has 0 saturated heterocycles. The smallest absolute Gasteiger partial charge is 0.141 e. The number of Topliss-reactive ketones (excluding diaryl/α,β-unsaturated/α-hetero) is 1. The number of carbonyl (C=O) groups is 1. The van der Waals surface area contributed by atoms with Crippen molar-refractivity contribution in [3.63, 3.8) is 0 Å². The maximum absolute atomic E-state index is 12.0. The Bertz CT molecular complexity index is 464. The van der Waals surface area contributed by atoms with E-state index in [9.17, 15) is 4.79 Å². The van der Waals surface area contributed by atoms with Crippen LogP contribution in [0.5, 0.6) is 0 Å². The summed E-state index contributed by atoms with van der Waals surface area (Å²) in [6.07, 6.45) is 0.697. The van der Waals surface area contributed by atoms with Crippen molar-refractivity contribution in [3.8, 4) is 0 Å². The Hall–Kier alpha value is -1.31. The molecule has 0 aromatic heterocycles. The molecule has 16 heavy (non-hydrogen) atoms. The summed E-state index contributed by atoms with van der Waals surface area (Å²) < 4.78 is 0. The van der Waals surface area contributed by atoms with E-state index in [-0.39, 0.29) is 5.41 Å². The Morgan fingerprint density at radius 1 is 1.31 bits per heavy atom. The molecule has 1 saturated carbocycles. The summed E-state index contributed by atoms with van der Waals surface area (Å²) in [6.45, 7) is 4.19. The maximum atomic E-state index is 12.0. The number of benzene rings is 1. The zero-order valence-corrected chi connectivity index (χ0v) is 10.0. The summed E-state index contributed by atoms with van der Waals surface area (Å²) in [4.78, 5) is 14.3. The summed E-state index contributed by atoms with van der Waals surface area (Å²) >= 11 is 0. The van der Waals surface area contributed by atoms with E-state index in [0.717, 1.165) is 0 Å². The van der Waals surface area contributed by atoms with Crippen molar-refractivity contribution in [2.45, 2.75) is 32.2 Å². The lowest BCUT2D eigenvalue weighted by Gasteiger charge is -2.25. The molecule has 1 aromatic rings. The van der Waals surface area contributed by atoms with E-state index in [1.165, 1.54) is 11.3 Å². The van der Waals surface area contributed by atoms with E-state index < -0.39 is 0 Å². The molecule has 2 heteroatoms. The summed E-state index contributed by atoms with van der Waals surface area (Å²) in [5, 5.41) is 0. The van der Waals surface area contributed by atoms with Crippen LogP contribution in [0.1, 0.15) is 31.7 Å². The molecule has 1 aliphatic carbocycles. The standard InChI is InChI=1S/C14H17NO/c1-14(2)12(16)8-11-13(14)9-6-4-5-7-10(9)15(11)3/h4-7,11,13H,8H2,1-3H3. The molecule has 2 aliphatic rings. The average molecular weight is 215 g/mol.